The van der Waals surface area contributed by atoms with E-state index in [4.69, 9.17) is 14.2 Å². The third-order valence-corrected chi connectivity index (χ3v) is 15.5. The number of fused-ring (bicyclic) bond motifs is 2. The number of nitrogens with zero attached hydrogens (tertiary/aromatic N) is 2. The minimum Gasteiger partial charge on any atom is -0.454 e. The number of ether oxygens (including phenoxy) is 3. The van der Waals surface area contributed by atoms with E-state index in [1.165, 1.54) is 9.80 Å². The van der Waals surface area contributed by atoms with Gasteiger partial charge in [-0.3, -0.25) is 28.8 Å². The summed E-state index contributed by atoms with van der Waals surface area (Å²) < 4.78 is 45.1. The van der Waals surface area contributed by atoms with Crippen LogP contribution in [0.1, 0.15) is 137 Å². The lowest BCUT2D eigenvalue weighted by atomic mass is 9.74. The Balaban J connectivity index is 1.12. The van der Waals surface area contributed by atoms with Crippen molar-refractivity contribution in [3.05, 3.63) is 23.3 Å². The van der Waals surface area contributed by atoms with Crippen LogP contribution in [0, 0.1) is 28.6 Å². The van der Waals surface area contributed by atoms with Crippen molar-refractivity contribution in [2.24, 2.45) is 28.6 Å². The predicted octanol–water partition coefficient (Wildman–Crippen LogP) is 5.49. The van der Waals surface area contributed by atoms with Crippen LogP contribution in [0.4, 0.5) is 9.59 Å². The van der Waals surface area contributed by atoms with Gasteiger partial charge in [-0.15, -0.1) is 0 Å². The molecule has 1 unspecified atom stereocenters. The van der Waals surface area contributed by atoms with Crippen molar-refractivity contribution >= 4 is 45.5 Å². The van der Waals surface area contributed by atoms with Gasteiger partial charge >= 0.3 is 12.1 Å². The Kier molecular flexibility index (Phi) is 12.7. The summed E-state index contributed by atoms with van der Waals surface area (Å²) in [4.78, 5) is 87.9. The molecule has 3 N–H and O–H groups in total. The lowest BCUT2D eigenvalue weighted by Crippen LogP contribution is -2.55. The molecule has 342 valence electrons. The molecule has 62 heavy (non-hydrogen) atoms. The molecule has 5 amide bonds. The van der Waals surface area contributed by atoms with Crippen molar-refractivity contribution < 1.29 is 51.4 Å². The fourth-order valence-corrected chi connectivity index (χ4v) is 11.3. The largest absolute Gasteiger partial charge is 0.454 e. The molecule has 3 heterocycles. The quantitative estimate of drug-likeness (QED) is 0.213. The van der Waals surface area contributed by atoms with E-state index in [0.717, 1.165) is 43.2 Å². The van der Waals surface area contributed by atoms with Crippen molar-refractivity contribution in [1.82, 2.24) is 25.2 Å². The number of hydrogen-bond acceptors (Lipinski definition) is 11. The van der Waals surface area contributed by atoms with E-state index < -0.39 is 85.5 Å². The fourth-order valence-electron chi connectivity index (χ4n) is 9.92. The molecule has 3 aliphatic heterocycles. The summed E-state index contributed by atoms with van der Waals surface area (Å²) >= 11 is 0. The number of carbonyl (C=O) groups is 6. The van der Waals surface area contributed by atoms with Gasteiger partial charge in [0.1, 0.15) is 6.10 Å². The highest BCUT2D eigenvalue weighted by Gasteiger charge is 2.62. The SMILES string of the molecule is CC[C@H]1C[C@@]1(CC(=O)C1C[C@@H](OC(=O)N2Cc3cc4c(cc3C2)OCO4)CN1C(=O)[C@@H](CC(=O)[C@@H](NC(=O)NC(C)(C)C)C1CCCCC1)C(C)(C)C)C(=O)NS(=O)(=O)C1CC1. The zero-order valence-electron chi connectivity index (χ0n) is 37.3. The Morgan fingerprint density at radius 2 is 1.55 bits per heavy atom. The average molecular weight is 884 g/mol. The van der Waals surface area contributed by atoms with Crippen LogP contribution in [-0.2, 0) is 47.0 Å². The van der Waals surface area contributed by atoms with Crippen molar-refractivity contribution in [3.8, 4) is 11.5 Å². The van der Waals surface area contributed by atoms with Gasteiger partial charge in [0, 0.05) is 43.8 Å². The van der Waals surface area contributed by atoms with E-state index >= 15 is 4.79 Å². The Morgan fingerprint density at radius 1 is 0.919 bits per heavy atom. The van der Waals surface area contributed by atoms with Crippen molar-refractivity contribution in [2.75, 3.05) is 13.3 Å². The lowest BCUT2D eigenvalue weighted by Gasteiger charge is -2.37. The first kappa shape index (κ1) is 45.6. The maximum atomic E-state index is 15.1. The Labute approximate surface area is 365 Å². The second-order valence-electron chi connectivity index (χ2n) is 20.7. The van der Waals surface area contributed by atoms with E-state index in [2.05, 4.69) is 15.4 Å². The molecule has 3 saturated carbocycles. The number of carbonyl (C=O) groups excluding carboxylic acids is 6. The van der Waals surface area contributed by atoms with Gasteiger partial charge in [-0.05, 0) is 93.4 Å². The van der Waals surface area contributed by atoms with Gasteiger partial charge in [0.05, 0.1) is 29.3 Å². The van der Waals surface area contributed by atoms with Crippen LogP contribution in [0.2, 0.25) is 0 Å². The summed E-state index contributed by atoms with van der Waals surface area (Å²) in [6.45, 7) is 13.6. The maximum absolute atomic E-state index is 15.1. The van der Waals surface area contributed by atoms with Crippen molar-refractivity contribution in [3.63, 3.8) is 0 Å². The maximum Gasteiger partial charge on any atom is 0.410 e. The molecule has 0 radical (unpaired) electrons. The van der Waals surface area contributed by atoms with Gasteiger partial charge < -0.3 is 29.7 Å². The molecular weight excluding hydrogens is 819 g/mol. The highest BCUT2D eigenvalue weighted by atomic mass is 32.2. The normalized spacial score (nSPS) is 25.7. The van der Waals surface area contributed by atoms with Crippen LogP contribution in [0.3, 0.4) is 0 Å². The summed E-state index contributed by atoms with van der Waals surface area (Å²) in [7, 11) is -3.88. The summed E-state index contributed by atoms with van der Waals surface area (Å²) in [5, 5.41) is 5.23. The Bertz CT molecular complexity index is 2040. The number of Topliss-reactive ketones (excluding diaryl/α,β-unsaturated/α-hetero) is 2. The fraction of sp³-hybridized carbons (Fsp3) is 0.733. The minimum atomic E-state index is -3.88. The molecule has 1 aromatic carbocycles. The second kappa shape index (κ2) is 17.3. The van der Waals surface area contributed by atoms with Gasteiger partial charge in [-0.25, -0.2) is 18.0 Å². The summed E-state index contributed by atoms with van der Waals surface area (Å²) in [6, 6.07) is 1.29. The molecule has 7 rings (SSSR count). The van der Waals surface area contributed by atoms with Crippen LogP contribution in [0.15, 0.2) is 12.1 Å². The van der Waals surface area contributed by atoms with E-state index in [-0.39, 0.29) is 63.3 Å². The standard InChI is InChI=1S/C45H65N5O11S/c1-8-29-20-45(29,40(54)48-62(57,58)31-14-15-31)21-35(52)33-18-30(61-42(56)49-22-27-16-36-37(60-25-59-36)17-28(27)23-49)24-50(33)39(53)32(43(2,3)4)19-34(51)38(26-12-10-9-11-13-26)46-41(55)47-44(5,6)7/h16-17,26,29-33,38H,8-15,18-25H2,1-7H3,(H,48,54)(H2,46,47,55)/t29-,30+,32+,33?,38-,45-/m0/s1. The van der Waals surface area contributed by atoms with E-state index in [1.54, 1.807) is 0 Å². The van der Waals surface area contributed by atoms with Gasteiger partial charge in [-0.1, -0.05) is 53.4 Å². The number of benzene rings is 1. The number of sulfonamides is 1. The van der Waals surface area contributed by atoms with Gasteiger partial charge in [0.2, 0.25) is 28.6 Å². The molecule has 6 atom stereocenters. The molecule has 17 heteroatoms. The zero-order valence-corrected chi connectivity index (χ0v) is 38.1. The number of hydrogen-bond donors (Lipinski definition) is 3. The summed E-state index contributed by atoms with van der Waals surface area (Å²) in [5.41, 5.74) is -0.801. The third-order valence-electron chi connectivity index (χ3n) is 13.7. The molecule has 3 aliphatic carbocycles. The summed E-state index contributed by atoms with van der Waals surface area (Å²) in [5.74, 6) is -1.93. The van der Waals surface area contributed by atoms with E-state index in [9.17, 15) is 32.4 Å². The van der Waals surface area contributed by atoms with Crippen LogP contribution in [-0.4, -0.2) is 96.0 Å². The number of ketones is 2. The van der Waals surface area contributed by atoms with Crippen molar-refractivity contribution in [2.45, 2.75) is 168 Å². The van der Waals surface area contributed by atoms with Gasteiger partial charge in [0.25, 0.3) is 0 Å². The van der Waals surface area contributed by atoms with Gasteiger partial charge in [-0.2, -0.15) is 0 Å². The van der Waals surface area contributed by atoms with Crippen LogP contribution < -0.4 is 24.8 Å². The summed E-state index contributed by atoms with van der Waals surface area (Å²) in [6.07, 6.45) is 4.19. The number of amides is 5. The van der Waals surface area contributed by atoms with E-state index in [1.807, 2.05) is 60.6 Å². The monoisotopic (exact) mass is 883 g/mol. The number of urea groups is 1. The lowest BCUT2D eigenvalue weighted by molar-refractivity contribution is -0.146. The molecule has 1 aromatic rings. The first-order valence-electron chi connectivity index (χ1n) is 22.5. The molecule has 16 nitrogen and oxygen atoms in total. The van der Waals surface area contributed by atoms with Crippen LogP contribution in [0.5, 0.6) is 11.5 Å². The zero-order chi connectivity index (χ0) is 44.9. The highest BCUT2D eigenvalue weighted by molar-refractivity contribution is 7.90. The Hall–Kier alpha value is -4.41. The number of likely N-dealkylation sites (tertiary alicyclic amines) is 1. The molecule has 0 bridgehead atoms. The first-order chi connectivity index (χ1) is 29.1. The molecule has 0 aromatic heterocycles. The molecule has 0 spiro atoms. The first-order valence-corrected chi connectivity index (χ1v) is 24.0. The number of rotatable bonds is 14. The Morgan fingerprint density at radius 3 is 2.10 bits per heavy atom. The molecular formula is C45H65N5O11S. The molecule has 6 aliphatic rings. The third kappa shape index (κ3) is 10.0. The van der Waals surface area contributed by atoms with Crippen molar-refractivity contribution in [1.29, 1.82) is 0 Å². The number of nitrogens with one attached hydrogen (secondary N) is 3. The minimum absolute atomic E-state index is 0.0357. The topological polar surface area (TPSA) is 207 Å². The smallest absolute Gasteiger partial charge is 0.410 e. The van der Waals surface area contributed by atoms with Gasteiger partial charge in [0.15, 0.2) is 23.1 Å². The average Bonchev–Trinajstić information content (AvgIpc) is 4.02. The highest BCUT2D eigenvalue weighted by Crippen LogP contribution is 2.58. The molecule has 4 fully saturated rings. The molecule has 1 saturated heterocycles. The van der Waals surface area contributed by atoms with Crippen LogP contribution in [0.25, 0.3) is 0 Å². The predicted molar refractivity (Wildman–Crippen MR) is 227 cm³/mol. The van der Waals surface area contributed by atoms with Crippen LogP contribution >= 0.6 is 0 Å². The van der Waals surface area contributed by atoms with E-state index in [0.29, 0.717) is 37.2 Å². The second-order valence-corrected chi connectivity index (χ2v) is 22.6.